The van der Waals surface area contributed by atoms with E-state index in [-0.39, 0.29) is 18.2 Å². The number of carbonyl (C=O) groups excluding carboxylic acids is 3. The summed E-state index contributed by atoms with van der Waals surface area (Å²) in [5.74, 6) is -1.65. The van der Waals surface area contributed by atoms with Crippen molar-refractivity contribution in [2.45, 2.75) is 23.5 Å². The number of nitrogens with one attached hydrogen (secondary N) is 1. The molecule has 1 aliphatic heterocycles. The number of hydrogen-bond acceptors (Lipinski definition) is 6. The van der Waals surface area contributed by atoms with Crippen LogP contribution in [-0.4, -0.2) is 40.7 Å². The first-order valence-corrected chi connectivity index (χ1v) is 10.3. The lowest BCUT2D eigenvalue weighted by Gasteiger charge is -2.15. The van der Waals surface area contributed by atoms with Crippen molar-refractivity contribution in [3.63, 3.8) is 0 Å². The largest absolute Gasteiger partial charge is 0.494 e. The van der Waals surface area contributed by atoms with Crippen LogP contribution in [0.15, 0.2) is 65.6 Å². The van der Waals surface area contributed by atoms with Crippen LogP contribution in [0.1, 0.15) is 13.3 Å². The molecule has 9 heteroatoms. The van der Waals surface area contributed by atoms with Gasteiger partial charge in [0.1, 0.15) is 5.75 Å². The molecule has 2 N–H and O–H groups in total. The van der Waals surface area contributed by atoms with Crippen LogP contribution < -0.4 is 15.0 Å². The molecule has 1 fully saturated rings. The van der Waals surface area contributed by atoms with E-state index in [1.54, 1.807) is 48.5 Å². The summed E-state index contributed by atoms with van der Waals surface area (Å²) >= 11 is 1.27. The quantitative estimate of drug-likeness (QED) is 0.479. The number of carbonyl (C=O) groups is 4. The normalized spacial score (nSPS) is 16.0. The number of aliphatic carboxylic acids is 1. The highest BCUT2D eigenvalue weighted by Gasteiger charge is 2.40. The minimum atomic E-state index is -1.21. The summed E-state index contributed by atoms with van der Waals surface area (Å²) < 4.78 is 5.39. The molecule has 2 aromatic carbocycles. The van der Waals surface area contributed by atoms with Gasteiger partial charge in [-0.15, -0.1) is 11.8 Å². The molecule has 0 bridgehead atoms. The molecule has 1 heterocycles. The van der Waals surface area contributed by atoms with Gasteiger partial charge in [0.2, 0.25) is 17.7 Å². The topological polar surface area (TPSA) is 113 Å². The van der Waals surface area contributed by atoms with Gasteiger partial charge >= 0.3 is 5.97 Å². The van der Waals surface area contributed by atoms with Gasteiger partial charge in [0, 0.05) is 29.2 Å². The maximum Gasteiger partial charge on any atom is 0.328 e. The third-order valence-electron chi connectivity index (χ3n) is 4.29. The van der Waals surface area contributed by atoms with Crippen LogP contribution in [0.4, 0.5) is 11.4 Å². The third kappa shape index (κ3) is 5.73. The Morgan fingerprint density at radius 2 is 1.81 bits per heavy atom. The molecule has 3 rings (SSSR count). The Balaban J connectivity index is 1.62. The number of hydrogen-bond donors (Lipinski definition) is 2. The van der Waals surface area contributed by atoms with Crippen molar-refractivity contribution in [2.75, 3.05) is 16.8 Å². The minimum absolute atomic E-state index is 0.0924. The molecule has 3 amide bonds. The lowest BCUT2D eigenvalue weighted by Crippen LogP contribution is -2.31. The highest BCUT2D eigenvalue weighted by molar-refractivity contribution is 8.00. The van der Waals surface area contributed by atoms with Crippen LogP contribution >= 0.6 is 11.8 Å². The van der Waals surface area contributed by atoms with E-state index in [9.17, 15) is 19.2 Å². The zero-order valence-corrected chi connectivity index (χ0v) is 17.4. The van der Waals surface area contributed by atoms with Crippen LogP contribution in [0.25, 0.3) is 0 Å². The van der Waals surface area contributed by atoms with E-state index < -0.39 is 17.1 Å². The van der Waals surface area contributed by atoms with Crippen LogP contribution in [-0.2, 0) is 19.2 Å². The van der Waals surface area contributed by atoms with Crippen molar-refractivity contribution in [3.05, 3.63) is 60.7 Å². The van der Waals surface area contributed by atoms with Gasteiger partial charge in [0.25, 0.3) is 0 Å². The standard InChI is InChI=1S/C22H20N2O6S/c1-2-30-16-7-5-15(6-8-16)24-20(26)13-18(22(24)29)31-17-9-3-14(4-10-17)23-19(25)11-12-21(27)28/h3-12,18H,2,13H2,1H3,(H,23,25)(H,27,28)/b12-11+/t18-/m1/s1. The van der Waals surface area contributed by atoms with Gasteiger partial charge in [-0.1, -0.05) is 0 Å². The van der Waals surface area contributed by atoms with Crippen LogP contribution in [0.2, 0.25) is 0 Å². The number of benzene rings is 2. The summed E-state index contributed by atoms with van der Waals surface area (Å²) in [5, 5.41) is 10.5. The molecule has 1 aliphatic rings. The molecule has 0 unspecified atom stereocenters. The van der Waals surface area contributed by atoms with E-state index >= 15 is 0 Å². The Bertz CT molecular complexity index is 1020. The van der Waals surface area contributed by atoms with Crippen LogP contribution in [0.5, 0.6) is 5.75 Å². The van der Waals surface area contributed by atoms with Crippen molar-refractivity contribution in [1.29, 1.82) is 0 Å². The van der Waals surface area contributed by atoms with Gasteiger partial charge in [0.05, 0.1) is 17.5 Å². The number of carboxylic acid groups (broad SMARTS) is 1. The summed E-state index contributed by atoms with van der Waals surface area (Å²) in [6.07, 6.45) is 1.76. The zero-order chi connectivity index (χ0) is 22.4. The highest BCUT2D eigenvalue weighted by atomic mass is 32.2. The number of nitrogens with zero attached hydrogens (tertiary/aromatic N) is 1. The van der Waals surface area contributed by atoms with E-state index in [1.165, 1.54) is 16.7 Å². The number of anilines is 2. The Hall–Kier alpha value is -3.59. The second kappa shape index (κ2) is 9.94. The average Bonchev–Trinajstić information content (AvgIpc) is 3.02. The minimum Gasteiger partial charge on any atom is -0.494 e. The lowest BCUT2D eigenvalue weighted by molar-refractivity contribution is -0.131. The molecule has 1 saturated heterocycles. The highest BCUT2D eigenvalue weighted by Crippen LogP contribution is 2.34. The average molecular weight is 440 g/mol. The fourth-order valence-electron chi connectivity index (χ4n) is 2.94. The molecule has 8 nitrogen and oxygen atoms in total. The van der Waals surface area contributed by atoms with Gasteiger partial charge in [0.15, 0.2) is 0 Å². The van der Waals surface area contributed by atoms with Crippen molar-refractivity contribution >= 4 is 46.8 Å². The molecular formula is C22H20N2O6S. The van der Waals surface area contributed by atoms with Gasteiger partial charge < -0.3 is 15.2 Å². The molecule has 0 aliphatic carbocycles. The van der Waals surface area contributed by atoms with E-state index in [1.807, 2.05) is 6.92 Å². The van der Waals surface area contributed by atoms with Crippen molar-refractivity contribution in [1.82, 2.24) is 0 Å². The van der Waals surface area contributed by atoms with Crippen molar-refractivity contribution in [3.8, 4) is 5.75 Å². The molecule has 0 spiro atoms. The summed E-state index contributed by atoms with van der Waals surface area (Å²) in [6, 6.07) is 13.5. The summed E-state index contributed by atoms with van der Waals surface area (Å²) in [7, 11) is 0. The number of thioether (sulfide) groups is 1. The smallest absolute Gasteiger partial charge is 0.328 e. The molecule has 160 valence electrons. The second-order valence-electron chi connectivity index (χ2n) is 6.49. The van der Waals surface area contributed by atoms with Gasteiger partial charge in [-0.25, -0.2) is 9.69 Å². The summed E-state index contributed by atoms with van der Waals surface area (Å²) in [6.45, 7) is 2.40. The second-order valence-corrected chi connectivity index (χ2v) is 7.77. The Kier molecular flexibility index (Phi) is 7.09. The molecule has 2 aromatic rings. The molecule has 0 saturated carbocycles. The summed E-state index contributed by atoms with van der Waals surface area (Å²) in [5.41, 5.74) is 0.989. The molecule has 1 atom stereocenters. The Morgan fingerprint density at radius 1 is 1.13 bits per heavy atom. The first-order chi connectivity index (χ1) is 14.9. The maximum absolute atomic E-state index is 12.8. The Labute approximate surface area is 182 Å². The molecule has 31 heavy (non-hydrogen) atoms. The number of amides is 3. The van der Waals surface area contributed by atoms with E-state index in [2.05, 4.69) is 5.32 Å². The zero-order valence-electron chi connectivity index (χ0n) is 16.6. The lowest BCUT2D eigenvalue weighted by atomic mass is 10.3. The van der Waals surface area contributed by atoms with E-state index in [4.69, 9.17) is 9.84 Å². The maximum atomic E-state index is 12.8. The number of ether oxygens (including phenoxy) is 1. The Morgan fingerprint density at radius 3 is 2.42 bits per heavy atom. The molecular weight excluding hydrogens is 420 g/mol. The predicted octanol–water partition coefficient (Wildman–Crippen LogP) is 3.09. The van der Waals surface area contributed by atoms with E-state index in [0.717, 1.165) is 17.0 Å². The van der Waals surface area contributed by atoms with Crippen molar-refractivity contribution in [2.24, 2.45) is 0 Å². The number of rotatable bonds is 8. The SMILES string of the molecule is CCOc1ccc(N2C(=O)C[C@@H](Sc3ccc(NC(=O)/C=C/C(=O)O)cc3)C2=O)cc1. The number of imide groups is 1. The molecule has 0 aromatic heterocycles. The predicted molar refractivity (Wildman–Crippen MR) is 116 cm³/mol. The molecule has 0 radical (unpaired) electrons. The van der Waals surface area contributed by atoms with Crippen LogP contribution in [0.3, 0.4) is 0 Å². The van der Waals surface area contributed by atoms with Crippen molar-refractivity contribution < 1.29 is 29.0 Å². The van der Waals surface area contributed by atoms with E-state index in [0.29, 0.717) is 23.7 Å². The van der Waals surface area contributed by atoms with Crippen LogP contribution in [0, 0.1) is 0 Å². The van der Waals surface area contributed by atoms with Gasteiger partial charge in [-0.05, 0) is 55.5 Å². The first-order valence-electron chi connectivity index (χ1n) is 9.45. The fourth-order valence-corrected chi connectivity index (χ4v) is 3.99. The third-order valence-corrected chi connectivity index (χ3v) is 5.49. The first kappa shape index (κ1) is 22.1. The fraction of sp³-hybridized carbons (Fsp3) is 0.182. The summed E-state index contributed by atoms with van der Waals surface area (Å²) in [4.78, 5) is 49.3. The number of carboxylic acids is 1. The monoisotopic (exact) mass is 440 g/mol. The van der Waals surface area contributed by atoms with Gasteiger partial charge in [-0.3, -0.25) is 14.4 Å². The van der Waals surface area contributed by atoms with Gasteiger partial charge in [-0.2, -0.15) is 0 Å².